The van der Waals surface area contributed by atoms with E-state index >= 15 is 0 Å². The molecule has 1 saturated carbocycles. The van der Waals surface area contributed by atoms with Crippen molar-refractivity contribution in [1.29, 1.82) is 0 Å². The van der Waals surface area contributed by atoms with Gasteiger partial charge >= 0.3 is 0 Å². The van der Waals surface area contributed by atoms with E-state index in [0.717, 1.165) is 17.4 Å². The zero-order chi connectivity index (χ0) is 10.1. The highest BCUT2D eigenvalue weighted by molar-refractivity contribution is 7.09. The highest BCUT2D eigenvalue weighted by atomic mass is 32.1. The summed E-state index contributed by atoms with van der Waals surface area (Å²) in [6.45, 7) is 0. The Bertz CT molecular complexity index is 368. The van der Waals surface area contributed by atoms with E-state index in [1.54, 1.807) is 0 Å². The molecule has 80 valence electrons. The van der Waals surface area contributed by atoms with Crippen LogP contribution in [-0.2, 0) is 0 Å². The van der Waals surface area contributed by atoms with Crippen molar-refractivity contribution in [3.05, 3.63) is 18.0 Å². The van der Waals surface area contributed by atoms with Crippen LogP contribution in [0.15, 0.2) is 12.2 Å². The normalized spacial score (nSPS) is 25.5. The third kappa shape index (κ3) is 2.20. The molecule has 0 amide bonds. The summed E-state index contributed by atoms with van der Waals surface area (Å²) in [6, 6.07) is 0.565. The molecule has 3 rings (SSSR count). The molecule has 1 heterocycles. The first-order valence-electron chi connectivity index (χ1n) is 5.67. The molecule has 0 aromatic carbocycles. The molecule has 4 heteroatoms. The summed E-state index contributed by atoms with van der Waals surface area (Å²) in [6.07, 6.45) is 10.6. The van der Waals surface area contributed by atoms with Gasteiger partial charge in [-0.25, -0.2) is 4.98 Å². The Morgan fingerprint density at radius 2 is 2.20 bits per heavy atom. The summed E-state index contributed by atoms with van der Waals surface area (Å²) in [5.74, 6) is 1.73. The summed E-state index contributed by atoms with van der Waals surface area (Å²) in [4.78, 5) is 4.54. The van der Waals surface area contributed by atoms with E-state index in [0.29, 0.717) is 12.0 Å². The Hall–Kier alpha value is -0.900. The Balaban J connectivity index is 1.62. The molecule has 3 nitrogen and oxygen atoms in total. The molecule has 1 aromatic heterocycles. The van der Waals surface area contributed by atoms with E-state index < -0.39 is 0 Å². The van der Waals surface area contributed by atoms with Crippen LogP contribution >= 0.6 is 11.5 Å². The van der Waals surface area contributed by atoms with Crippen LogP contribution in [0.25, 0.3) is 0 Å². The highest BCUT2D eigenvalue weighted by Gasteiger charge is 2.28. The van der Waals surface area contributed by atoms with Crippen LogP contribution < -0.4 is 5.32 Å². The summed E-state index contributed by atoms with van der Waals surface area (Å²) in [7, 11) is 0. The molecule has 2 aliphatic carbocycles. The van der Waals surface area contributed by atoms with E-state index in [-0.39, 0.29) is 0 Å². The highest BCUT2D eigenvalue weighted by Crippen LogP contribution is 2.39. The van der Waals surface area contributed by atoms with Crippen molar-refractivity contribution in [2.45, 2.75) is 44.1 Å². The Kier molecular flexibility index (Phi) is 2.44. The number of hydrogen-bond donors (Lipinski definition) is 1. The van der Waals surface area contributed by atoms with Gasteiger partial charge in [0.25, 0.3) is 0 Å². The molecule has 0 saturated heterocycles. The maximum absolute atomic E-state index is 4.54. The number of nitrogens with one attached hydrogen (secondary N) is 1. The lowest BCUT2D eigenvalue weighted by Crippen LogP contribution is -2.20. The third-order valence-corrected chi connectivity index (χ3v) is 3.64. The fraction of sp³-hybridized carbons (Fsp3) is 0.636. The van der Waals surface area contributed by atoms with Crippen LogP contribution in [-0.4, -0.2) is 15.4 Å². The topological polar surface area (TPSA) is 37.8 Å². The van der Waals surface area contributed by atoms with Crippen molar-refractivity contribution in [1.82, 2.24) is 9.36 Å². The van der Waals surface area contributed by atoms with Crippen molar-refractivity contribution in [2.24, 2.45) is 0 Å². The first-order chi connectivity index (χ1) is 7.42. The van der Waals surface area contributed by atoms with Gasteiger partial charge in [0, 0.05) is 23.5 Å². The van der Waals surface area contributed by atoms with E-state index in [4.69, 9.17) is 0 Å². The van der Waals surface area contributed by atoms with E-state index in [9.17, 15) is 0 Å². The number of hydrogen-bond acceptors (Lipinski definition) is 4. The lowest BCUT2D eigenvalue weighted by molar-refractivity contribution is 0.644. The molecular weight excluding hydrogens is 206 g/mol. The van der Waals surface area contributed by atoms with Gasteiger partial charge < -0.3 is 5.32 Å². The fourth-order valence-corrected chi connectivity index (χ4v) is 2.62. The number of anilines is 1. The summed E-state index contributed by atoms with van der Waals surface area (Å²) >= 11 is 1.52. The molecule has 1 aromatic rings. The van der Waals surface area contributed by atoms with Gasteiger partial charge in [-0.1, -0.05) is 12.2 Å². The first-order valence-corrected chi connectivity index (χ1v) is 6.44. The molecule has 1 N–H and O–H groups in total. The molecule has 1 unspecified atom stereocenters. The predicted octanol–water partition coefficient (Wildman–Crippen LogP) is 2.94. The van der Waals surface area contributed by atoms with Gasteiger partial charge in [0.2, 0.25) is 5.13 Å². The van der Waals surface area contributed by atoms with Crippen LogP contribution in [0.5, 0.6) is 0 Å². The summed E-state index contributed by atoms with van der Waals surface area (Å²) < 4.78 is 4.39. The standard InChI is InChI=1S/C11H15N3S/c1-2-4-9(5-3-1)12-11-13-10(14-15-11)8-6-7-8/h1-2,8-9H,3-7H2,(H,12,13,14). The molecule has 1 fully saturated rings. The zero-order valence-corrected chi connectivity index (χ0v) is 9.46. The molecule has 0 aliphatic heterocycles. The van der Waals surface area contributed by atoms with E-state index in [1.165, 1.54) is 37.2 Å². The van der Waals surface area contributed by atoms with E-state index in [2.05, 4.69) is 26.8 Å². The summed E-state index contributed by atoms with van der Waals surface area (Å²) in [5, 5.41) is 4.49. The summed E-state index contributed by atoms with van der Waals surface area (Å²) in [5.41, 5.74) is 0. The van der Waals surface area contributed by atoms with Gasteiger partial charge in [0.1, 0.15) is 5.82 Å². The molecular formula is C11H15N3S. The van der Waals surface area contributed by atoms with Crippen LogP contribution in [0.1, 0.15) is 43.8 Å². The zero-order valence-electron chi connectivity index (χ0n) is 8.65. The van der Waals surface area contributed by atoms with Gasteiger partial charge in [0.05, 0.1) is 0 Å². The van der Waals surface area contributed by atoms with Crippen molar-refractivity contribution in [3.63, 3.8) is 0 Å². The van der Waals surface area contributed by atoms with Crippen molar-refractivity contribution in [3.8, 4) is 0 Å². The lowest BCUT2D eigenvalue weighted by Gasteiger charge is -2.18. The predicted molar refractivity (Wildman–Crippen MR) is 62.3 cm³/mol. The average molecular weight is 221 g/mol. The van der Waals surface area contributed by atoms with Crippen molar-refractivity contribution in [2.75, 3.05) is 5.32 Å². The van der Waals surface area contributed by atoms with Crippen LogP contribution in [0.3, 0.4) is 0 Å². The molecule has 0 radical (unpaired) electrons. The van der Waals surface area contributed by atoms with Gasteiger partial charge in [0.15, 0.2) is 0 Å². The monoisotopic (exact) mass is 221 g/mol. The minimum absolute atomic E-state index is 0.565. The average Bonchev–Trinajstić information content (AvgIpc) is 3.02. The molecule has 0 spiro atoms. The van der Waals surface area contributed by atoms with Crippen molar-refractivity contribution >= 4 is 16.7 Å². The quantitative estimate of drug-likeness (QED) is 0.797. The van der Waals surface area contributed by atoms with Crippen LogP contribution in [0.2, 0.25) is 0 Å². The number of allylic oxidation sites excluding steroid dienone is 1. The molecule has 0 bridgehead atoms. The second-order valence-electron chi connectivity index (χ2n) is 4.36. The number of aromatic nitrogens is 2. The van der Waals surface area contributed by atoms with Crippen LogP contribution in [0.4, 0.5) is 5.13 Å². The van der Waals surface area contributed by atoms with Gasteiger partial charge in [-0.2, -0.15) is 4.37 Å². The molecule has 2 aliphatic rings. The number of nitrogens with zero attached hydrogens (tertiary/aromatic N) is 2. The first kappa shape index (κ1) is 9.33. The maximum atomic E-state index is 4.54. The molecule has 15 heavy (non-hydrogen) atoms. The SMILES string of the molecule is C1=CCC(Nc2nc(C3CC3)ns2)CC1. The van der Waals surface area contributed by atoms with Gasteiger partial charge in [-0.15, -0.1) is 0 Å². The Labute approximate surface area is 93.8 Å². The van der Waals surface area contributed by atoms with Gasteiger partial charge in [-0.3, -0.25) is 0 Å². The minimum atomic E-state index is 0.565. The second-order valence-corrected chi connectivity index (χ2v) is 5.11. The third-order valence-electron chi connectivity index (χ3n) is 2.98. The Morgan fingerprint density at radius 3 is 2.93 bits per heavy atom. The van der Waals surface area contributed by atoms with E-state index in [1.807, 2.05) is 0 Å². The maximum Gasteiger partial charge on any atom is 0.202 e. The number of rotatable bonds is 3. The van der Waals surface area contributed by atoms with Crippen LogP contribution in [0, 0.1) is 0 Å². The Morgan fingerprint density at radius 1 is 1.27 bits per heavy atom. The smallest absolute Gasteiger partial charge is 0.202 e. The largest absolute Gasteiger partial charge is 0.357 e. The van der Waals surface area contributed by atoms with Gasteiger partial charge in [-0.05, 0) is 32.1 Å². The lowest BCUT2D eigenvalue weighted by atomic mass is 10.0. The second kappa shape index (κ2) is 3.93. The molecule has 1 atom stereocenters. The minimum Gasteiger partial charge on any atom is -0.357 e. The van der Waals surface area contributed by atoms with Crippen molar-refractivity contribution < 1.29 is 0 Å². The fourth-order valence-electron chi connectivity index (χ4n) is 1.90.